The van der Waals surface area contributed by atoms with E-state index in [1.165, 1.54) is 0 Å². The largest absolute Gasteiger partial charge is 0.493 e. The Morgan fingerprint density at radius 3 is 2.50 bits per heavy atom. The Labute approximate surface area is 144 Å². The van der Waals surface area contributed by atoms with E-state index in [1.54, 1.807) is 0 Å². The first-order chi connectivity index (χ1) is 11.4. The summed E-state index contributed by atoms with van der Waals surface area (Å²) in [7, 11) is 0. The molecular weight excluding hydrogens is 300 g/mol. The summed E-state index contributed by atoms with van der Waals surface area (Å²) in [5.74, 6) is 0.133. The normalized spacial score (nSPS) is 13.3. The van der Waals surface area contributed by atoms with E-state index in [1.807, 2.05) is 63.2 Å². The van der Waals surface area contributed by atoms with Crippen molar-refractivity contribution >= 4 is 5.97 Å². The second-order valence-corrected chi connectivity index (χ2v) is 6.75. The SMILES string of the molecule is Cc1ccc(C)c(OCCCC(C)(Cc2ccccc2)C(=O)O)c1. The Morgan fingerprint density at radius 1 is 1.12 bits per heavy atom. The lowest BCUT2D eigenvalue weighted by Gasteiger charge is -2.25. The predicted octanol–water partition coefficient (Wildman–Crippen LogP) is 4.80. The molecule has 0 amide bonds. The molecule has 3 nitrogen and oxygen atoms in total. The number of rotatable bonds is 8. The van der Waals surface area contributed by atoms with Gasteiger partial charge >= 0.3 is 5.97 Å². The molecule has 2 aromatic carbocycles. The molecule has 1 atom stereocenters. The Bertz CT molecular complexity index is 679. The lowest BCUT2D eigenvalue weighted by molar-refractivity contribution is -0.148. The number of aryl methyl sites for hydroxylation is 2. The molecule has 128 valence electrons. The summed E-state index contributed by atoms with van der Waals surface area (Å²) in [5.41, 5.74) is 2.55. The lowest BCUT2D eigenvalue weighted by Crippen LogP contribution is -2.30. The van der Waals surface area contributed by atoms with Gasteiger partial charge in [0.05, 0.1) is 12.0 Å². The van der Waals surface area contributed by atoms with Crippen molar-refractivity contribution in [2.45, 2.75) is 40.0 Å². The molecule has 0 spiro atoms. The van der Waals surface area contributed by atoms with E-state index in [4.69, 9.17) is 4.74 Å². The summed E-state index contributed by atoms with van der Waals surface area (Å²) in [5, 5.41) is 9.65. The van der Waals surface area contributed by atoms with E-state index in [0.29, 0.717) is 25.9 Å². The van der Waals surface area contributed by atoms with Crippen LogP contribution in [0.25, 0.3) is 0 Å². The smallest absolute Gasteiger partial charge is 0.309 e. The van der Waals surface area contributed by atoms with Gasteiger partial charge in [0.1, 0.15) is 5.75 Å². The molecule has 0 fully saturated rings. The van der Waals surface area contributed by atoms with E-state index in [2.05, 4.69) is 6.07 Å². The molecule has 0 aliphatic rings. The number of benzene rings is 2. The highest BCUT2D eigenvalue weighted by atomic mass is 16.5. The van der Waals surface area contributed by atoms with Crippen LogP contribution < -0.4 is 4.74 Å². The van der Waals surface area contributed by atoms with Gasteiger partial charge in [-0.05, 0) is 62.8 Å². The van der Waals surface area contributed by atoms with Crippen molar-refractivity contribution in [1.82, 2.24) is 0 Å². The second-order valence-electron chi connectivity index (χ2n) is 6.75. The molecule has 1 N–H and O–H groups in total. The molecule has 0 aliphatic heterocycles. The molecule has 1 unspecified atom stereocenters. The lowest BCUT2D eigenvalue weighted by atomic mass is 9.80. The van der Waals surface area contributed by atoms with Crippen LogP contribution in [-0.4, -0.2) is 17.7 Å². The summed E-state index contributed by atoms with van der Waals surface area (Å²) >= 11 is 0. The average molecular weight is 326 g/mol. The van der Waals surface area contributed by atoms with Gasteiger partial charge in [-0.3, -0.25) is 4.79 Å². The maximum absolute atomic E-state index is 11.7. The average Bonchev–Trinajstić information content (AvgIpc) is 2.55. The predicted molar refractivity (Wildman–Crippen MR) is 96.5 cm³/mol. The minimum atomic E-state index is -0.771. The van der Waals surface area contributed by atoms with Gasteiger partial charge in [-0.1, -0.05) is 42.5 Å². The van der Waals surface area contributed by atoms with Crippen LogP contribution in [0.2, 0.25) is 0 Å². The van der Waals surface area contributed by atoms with Gasteiger partial charge in [-0.25, -0.2) is 0 Å². The van der Waals surface area contributed by atoms with Crippen molar-refractivity contribution in [2.75, 3.05) is 6.61 Å². The molecule has 0 radical (unpaired) electrons. The van der Waals surface area contributed by atoms with Crippen LogP contribution in [0.15, 0.2) is 48.5 Å². The fourth-order valence-corrected chi connectivity index (χ4v) is 2.82. The molecule has 2 aromatic rings. The summed E-state index contributed by atoms with van der Waals surface area (Å²) in [6.45, 7) is 6.40. The van der Waals surface area contributed by atoms with Crippen molar-refractivity contribution in [3.05, 3.63) is 65.2 Å². The van der Waals surface area contributed by atoms with E-state index in [-0.39, 0.29) is 0 Å². The fraction of sp³-hybridized carbons (Fsp3) is 0.381. The van der Waals surface area contributed by atoms with Gasteiger partial charge in [-0.15, -0.1) is 0 Å². The molecule has 0 saturated heterocycles. The summed E-state index contributed by atoms with van der Waals surface area (Å²) in [4.78, 5) is 11.7. The van der Waals surface area contributed by atoms with Gasteiger partial charge in [0, 0.05) is 0 Å². The van der Waals surface area contributed by atoms with Crippen molar-refractivity contribution in [2.24, 2.45) is 5.41 Å². The number of carboxylic acids is 1. The number of carbonyl (C=O) groups is 1. The van der Waals surface area contributed by atoms with E-state index in [0.717, 1.165) is 22.4 Å². The molecule has 2 rings (SSSR count). The highest BCUT2D eigenvalue weighted by Gasteiger charge is 2.32. The van der Waals surface area contributed by atoms with Crippen LogP contribution in [0, 0.1) is 19.3 Å². The van der Waals surface area contributed by atoms with Crippen LogP contribution in [0.1, 0.15) is 36.5 Å². The molecule has 3 heteroatoms. The fourth-order valence-electron chi connectivity index (χ4n) is 2.82. The van der Waals surface area contributed by atoms with Crippen LogP contribution in [0.4, 0.5) is 0 Å². The minimum Gasteiger partial charge on any atom is -0.493 e. The maximum Gasteiger partial charge on any atom is 0.309 e. The quantitative estimate of drug-likeness (QED) is 0.709. The van der Waals surface area contributed by atoms with Gasteiger partial charge in [-0.2, -0.15) is 0 Å². The highest BCUT2D eigenvalue weighted by Crippen LogP contribution is 2.29. The zero-order valence-corrected chi connectivity index (χ0v) is 14.7. The van der Waals surface area contributed by atoms with Crippen molar-refractivity contribution in [1.29, 1.82) is 0 Å². The Balaban J connectivity index is 1.92. The molecule has 24 heavy (non-hydrogen) atoms. The number of aliphatic carboxylic acids is 1. The van der Waals surface area contributed by atoms with Gasteiger partial charge in [0.2, 0.25) is 0 Å². The Hall–Kier alpha value is -2.29. The topological polar surface area (TPSA) is 46.5 Å². The third-order valence-electron chi connectivity index (χ3n) is 4.43. The number of hydrogen-bond acceptors (Lipinski definition) is 2. The monoisotopic (exact) mass is 326 g/mol. The molecule has 0 saturated carbocycles. The van der Waals surface area contributed by atoms with Crippen LogP contribution in [0.5, 0.6) is 5.75 Å². The van der Waals surface area contributed by atoms with E-state index in [9.17, 15) is 9.90 Å². The minimum absolute atomic E-state index is 0.530. The molecular formula is C21H26O3. The highest BCUT2D eigenvalue weighted by molar-refractivity contribution is 5.74. The zero-order valence-electron chi connectivity index (χ0n) is 14.7. The molecule has 0 bridgehead atoms. The first-order valence-corrected chi connectivity index (χ1v) is 8.38. The molecule has 0 heterocycles. The molecule has 0 aromatic heterocycles. The van der Waals surface area contributed by atoms with Crippen molar-refractivity contribution in [3.8, 4) is 5.75 Å². The van der Waals surface area contributed by atoms with Crippen molar-refractivity contribution < 1.29 is 14.6 Å². The number of carboxylic acid groups (broad SMARTS) is 1. The van der Waals surface area contributed by atoms with Crippen LogP contribution in [0.3, 0.4) is 0 Å². The third-order valence-corrected chi connectivity index (χ3v) is 4.43. The van der Waals surface area contributed by atoms with Gasteiger partial charge in [0.15, 0.2) is 0 Å². The van der Waals surface area contributed by atoms with Crippen molar-refractivity contribution in [3.63, 3.8) is 0 Å². The van der Waals surface area contributed by atoms with E-state index < -0.39 is 11.4 Å². The Kier molecular flexibility index (Phi) is 6.02. The van der Waals surface area contributed by atoms with Gasteiger partial charge < -0.3 is 9.84 Å². The molecule has 0 aliphatic carbocycles. The zero-order chi connectivity index (χ0) is 17.6. The summed E-state index contributed by atoms with van der Waals surface area (Å²) < 4.78 is 5.85. The second kappa shape index (κ2) is 8.00. The number of ether oxygens (including phenoxy) is 1. The standard InChI is InChI=1S/C21H26O3/c1-16-10-11-17(2)19(14-16)24-13-7-12-21(3,20(22)23)15-18-8-5-4-6-9-18/h4-6,8-11,14H,7,12-13,15H2,1-3H3,(H,22,23). The van der Waals surface area contributed by atoms with E-state index >= 15 is 0 Å². The number of hydrogen-bond donors (Lipinski definition) is 1. The first kappa shape index (κ1) is 18.1. The van der Waals surface area contributed by atoms with Crippen LogP contribution in [-0.2, 0) is 11.2 Å². The third kappa shape index (κ3) is 4.85. The summed E-state index contributed by atoms with van der Waals surface area (Å²) in [6.07, 6.45) is 1.83. The Morgan fingerprint density at radius 2 is 1.83 bits per heavy atom. The summed E-state index contributed by atoms with van der Waals surface area (Å²) in [6, 6.07) is 15.9. The van der Waals surface area contributed by atoms with Crippen LogP contribution >= 0.6 is 0 Å². The maximum atomic E-state index is 11.7. The first-order valence-electron chi connectivity index (χ1n) is 8.38. The van der Waals surface area contributed by atoms with Gasteiger partial charge in [0.25, 0.3) is 0 Å².